The number of furan rings is 1. The summed E-state index contributed by atoms with van der Waals surface area (Å²) in [6, 6.07) is 17.0. The van der Waals surface area contributed by atoms with Crippen LogP contribution in [0.2, 0.25) is 0 Å². The van der Waals surface area contributed by atoms with E-state index in [-0.39, 0.29) is 11.5 Å². The van der Waals surface area contributed by atoms with Gasteiger partial charge in [0.25, 0.3) is 0 Å². The Balaban J connectivity index is 1.41. The Morgan fingerprint density at radius 2 is 1.89 bits per heavy atom. The van der Waals surface area contributed by atoms with E-state index in [4.69, 9.17) is 9.15 Å². The van der Waals surface area contributed by atoms with Crippen molar-refractivity contribution in [2.75, 3.05) is 6.61 Å². The molecule has 2 aromatic heterocycles. The molecule has 0 N–H and O–H groups in total. The molecule has 0 unspecified atom stereocenters. The van der Waals surface area contributed by atoms with Gasteiger partial charge in [0.05, 0.1) is 0 Å². The zero-order valence-corrected chi connectivity index (χ0v) is 16.0. The van der Waals surface area contributed by atoms with Crippen molar-refractivity contribution in [3.63, 3.8) is 0 Å². The molecule has 28 heavy (non-hydrogen) atoms. The van der Waals surface area contributed by atoms with Gasteiger partial charge in [0.2, 0.25) is 5.78 Å². The van der Waals surface area contributed by atoms with Gasteiger partial charge in [0, 0.05) is 16.3 Å². The van der Waals surface area contributed by atoms with E-state index in [1.54, 1.807) is 17.5 Å². The molecule has 0 aliphatic rings. The lowest BCUT2D eigenvalue weighted by atomic mass is 10.1. The normalized spacial score (nSPS) is 10.9. The van der Waals surface area contributed by atoms with Gasteiger partial charge in [0.1, 0.15) is 10.6 Å². The third-order valence-electron chi connectivity index (χ3n) is 4.36. The van der Waals surface area contributed by atoms with Gasteiger partial charge in [-0.05, 0) is 24.1 Å². The van der Waals surface area contributed by atoms with Crippen LogP contribution in [0.4, 0.5) is 0 Å². The fourth-order valence-electron chi connectivity index (χ4n) is 2.78. The molecular formula is C22H17NO4S. The Bertz CT molecular complexity index is 1110. The van der Waals surface area contributed by atoms with Crippen molar-refractivity contribution < 1.29 is 18.7 Å². The molecule has 0 saturated heterocycles. The molecule has 0 aliphatic carbocycles. The summed E-state index contributed by atoms with van der Waals surface area (Å²) in [4.78, 5) is 28.8. The Kier molecular flexibility index (Phi) is 5.04. The maximum absolute atomic E-state index is 12.2. The molecule has 0 fully saturated rings. The molecule has 2 aromatic carbocycles. The zero-order valence-electron chi connectivity index (χ0n) is 15.2. The second kappa shape index (κ2) is 7.78. The molecule has 0 amide bonds. The number of rotatable bonds is 6. The number of aryl methyl sites for hydroxylation is 1. The second-order valence-corrected chi connectivity index (χ2v) is 7.09. The predicted octanol–water partition coefficient (Wildman–Crippen LogP) is 5.16. The first kappa shape index (κ1) is 18.1. The van der Waals surface area contributed by atoms with Gasteiger partial charge >= 0.3 is 5.97 Å². The number of carbonyl (C=O) groups is 2. The lowest BCUT2D eigenvalue weighted by Crippen LogP contribution is -2.14. The van der Waals surface area contributed by atoms with Crippen LogP contribution in [-0.4, -0.2) is 23.3 Å². The SMILES string of the molecule is CCc1ccc(-c2nc(C(=O)OCC(=O)c3cc4ccccc4o3)cs2)cc1. The number of hydrogen-bond acceptors (Lipinski definition) is 6. The summed E-state index contributed by atoms with van der Waals surface area (Å²) in [7, 11) is 0. The van der Waals surface area contributed by atoms with Crippen LogP contribution in [0.1, 0.15) is 33.5 Å². The first-order valence-corrected chi connectivity index (χ1v) is 9.75. The average molecular weight is 391 g/mol. The molecule has 4 rings (SSSR count). The largest absolute Gasteiger partial charge is 0.453 e. The molecule has 0 radical (unpaired) electrons. The van der Waals surface area contributed by atoms with Crippen LogP contribution in [0, 0.1) is 0 Å². The van der Waals surface area contributed by atoms with Crippen LogP contribution in [0.5, 0.6) is 0 Å². The fourth-order valence-corrected chi connectivity index (χ4v) is 3.57. The number of carbonyl (C=O) groups excluding carboxylic acids is 2. The number of hydrogen-bond donors (Lipinski definition) is 0. The van der Waals surface area contributed by atoms with Gasteiger partial charge in [-0.1, -0.05) is 49.4 Å². The van der Waals surface area contributed by atoms with E-state index in [0.717, 1.165) is 22.4 Å². The van der Waals surface area contributed by atoms with E-state index >= 15 is 0 Å². The van der Waals surface area contributed by atoms with Gasteiger partial charge in [-0.3, -0.25) is 4.79 Å². The molecule has 0 aliphatic heterocycles. The van der Waals surface area contributed by atoms with E-state index in [0.29, 0.717) is 5.58 Å². The number of esters is 1. The van der Waals surface area contributed by atoms with Gasteiger partial charge in [0.15, 0.2) is 18.1 Å². The number of Topliss-reactive ketones (excluding diaryl/α,β-unsaturated/α-hetero) is 1. The minimum Gasteiger partial charge on any atom is -0.453 e. The van der Waals surface area contributed by atoms with E-state index in [1.165, 1.54) is 16.9 Å². The van der Waals surface area contributed by atoms with Gasteiger partial charge < -0.3 is 9.15 Å². The first-order valence-electron chi connectivity index (χ1n) is 8.88. The fraction of sp³-hybridized carbons (Fsp3) is 0.136. The lowest BCUT2D eigenvalue weighted by Gasteiger charge is -2.01. The number of ether oxygens (including phenoxy) is 1. The standard InChI is InChI=1S/C22H17NO4S/c1-2-14-7-9-15(10-8-14)21-23-17(13-28-21)22(25)26-12-18(24)20-11-16-5-3-4-6-19(16)27-20/h3-11,13H,2,12H2,1H3. The third-order valence-corrected chi connectivity index (χ3v) is 5.25. The first-order chi connectivity index (χ1) is 13.6. The van der Waals surface area contributed by atoms with Crippen molar-refractivity contribution in [2.24, 2.45) is 0 Å². The quantitative estimate of drug-likeness (QED) is 0.335. The van der Waals surface area contributed by atoms with Crippen LogP contribution in [0.25, 0.3) is 21.5 Å². The molecule has 140 valence electrons. The zero-order chi connectivity index (χ0) is 19.5. The van der Waals surface area contributed by atoms with Crippen molar-refractivity contribution >= 4 is 34.1 Å². The van der Waals surface area contributed by atoms with Crippen molar-refractivity contribution in [3.8, 4) is 10.6 Å². The summed E-state index contributed by atoms with van der Waals surface area (Å²) in [5.41, 5.74) is 3.00. The predicted molar refractivity (Wildman–Crippen MR) is 108 cm³/mol. The third kappa shape index (κ3) is 3.73. The monoisotopic (exact) mass is 391 g/mol. The number of benzene rings is 2. The number of ketones is 1. The smallest absolute Gasteiger partial charge is 0.358 e. The van der Waals surface area contributed by atoms with Crippen LogP contribution < -0.4 is 0 Å². The van der Waals surface area contributed by atoms with Crippen molar-refractivity contribution in [1.82, 2.24) is 4.98 Å². The van der Waals surface area contributed by atoms with Crippen molar-refractivity contribution in [1.29, 1.82) is 0 Å². The molecule has 0 spiro atoms. The highest BCUT2D eigenvalue weighted by Crippen LogP contribution is 2.25. The van der Waals surface area contributed by atoms with E-state index in [1.807, 2.05) is 42.5 Å². The van der Waals surface area contributed by atoms with Crippen LogP contribution in [0.15, 0.2) is 64.4 Å². The Labute approximate surface area is 165 Å². The molecule has 5 nitrogen and oxygen atoms in total. The average Bonchev–Trinajstić information content (AvgIpc) is 3.39. The summed E-state index contributed by atoms with van der Waals surface area (Å²) >= 11 is 1.36. The molecule has 0 atom stereocenters. The Hall–Kier alpha value is -3.25. The highest BCUT2D eigenvalue weighted by Gasteiger charge is 2.18. The summed E-state index contributed by atoms with van der Waals surface area (Å²) in [6.45, 7) is 1.70. The minimum atomic E-state index is -0.628. The minimum absolute atomic E-state index is 0.170. The second-order valence-electron chi connectivity index (χ2n) is 6.24. The van der Waals surface area contributed by atoms with E-state index in [2.05, 4.69) is 11.9 Å². The maximum Gasteiger partial charge on any atom is 0.358 e. The van der Waals surface area contributed by atoms with Crippen molar-refractivity contribution in [2.45, 2.75) is 13.3 Å². The molecule has 2 heterocycles. The lowest BCUT2D eigenvalue weighted by molar-refractivity contribution is 0.0463. The Morgan fingerprint density at radius 1 is 1.11 bits per heavy atom. The van der Waals surface area contributed by atoms with E-state index in [9.17, 15) is 9.59 Å². The van der Waals surface area contributed by atoms with Crippen LogP contribution in [0.3, 0.4) is 0 Å². The topological polar surface area (TPSA) is 69.4 Å². The molecule has 0 saturated carbocycles. The highest BCUT2D eigenvalue weighted by atomic mass is 32.1. The van der Waals surface area contributed by atoms with Crippen LogP contribution in [-0.2, 0) is 11.2 Å². The molecule has 4 aromatic rings. The summed E-state index contributed by atoms with van der Waals surface area (Å²) in [5.74, 6) is -0.851. The number of para-hydroxylation sites is 1. The van der Waals surface area contributed by atoms with Gasteiger partial charge in [-0.15, -0.1) is 11.3 Å². The van der Waals surface area contributed by atoms with Gasteiger partial charge in [-0.25, -0.2) is 9.78 Å². The molecule has 0 bridgehead atoms. The summed E-state index contributed by atoms with van der Waals surface area (Å²) in [6.07, 6.45) is 0.967. The number of thiazole rings is 1. The number of nitrogens with zero attached hydrogens (tertiary/aromatic N) is 1. The van der Waals surface area contributed by atoms with E-state index < -0.39 is 18.4 Å². The maximum atomic E-state index is 12.2. The summed E-state index contributed by atoms with van der Waals surface area (Å²) < 4.78 is 10.6. The molecular weight excluding hydrogens is 374 g/mol. The molecule has 6 heteroatoms. The van der Waals surface area contributed by atoms with Crippen molar-refractivity contribution in [3.05, 3.63) is 77.0 Å². The number of aromatic nitrogens is 1. The summed E-state index contributed by atoms with van der Waals surface area (Å²) in [5, 5.41) is 3.20. The number of fused-ring (bicyclic) bond motifs is 1. The Morgan fingerprint density at radius 3 is 2.64 bits per heavy atom. The highest BCUT2D eigenvalue weighted by molar-refractivity contribution is 7.13. The van der Waals surface area contributed by atoms with Crippen LogP contribution >= 0.6 is 11.3 Å². The van der Waals surface area contributed by atoms with Gasteiger partial charge in [-0.2, -0.15) is 0 Å².